The van der Waals surface area contributed by atoms with E-state index in [2.05, 4.69) is 96.7 Å². The van der Waals surface area contributed by atoms with Gasteiger partial charge in [0.25, 0.3) is 0 Å². The van der Waals surface area contributed by atoms with Crippen LogP contribution in [-0.2, 0) is 0 Å². The fraction of sp³-hybridized carbons (Fsp3) is 0.600. The second-order valence-electron chi connectivity index (χ2n) is 7.61. The van der Waals surface area contributed by atoms with Crippen LogP contribution in [0, 0.1) is 0 Å². The molecule has 0 aromatic heterocycles. The molecule has 0 radical (unpaired) electrons. The third-order valence-corrected chi connectivity index (χ3v) is 3.75. The summed E-state index contributed by atoms with van der Waals surface area (Å²) < 4.78 is 0. The highest BCUT2D eigenvalue weighted by molar-refractivity contribution is 4.97. The molecule has 0 rings (SSSR count). The lowest BCUT2D eigenvalue weighted by molar-refractivity contribution is 0.962. The van der Waals surface area contributed by atoms with Crippen molar-refractivity contribution in [1.82, 2.24) is 0 Å². The summed E-state index contributed by atoms with van der Waals surface area (Å²) in [7, 11) is 0. The van der Waals surface area contributed by atoms with Crippen molar-refractivity contribution in [3.8, 4) is 0 Å². The molecule has 0 heteroatoms. The molecule has 0 aromatic carbocycles. The van der Waals surface area contributed by atoms with Crippen molar-refractivity contribution in [3.05, 3.63) is 71.9 Å². The minimum atomic E-state index is 0. The van der Waals surface area contributed by atoms with Gasteiger partial charge in [-0.3, -0.25) is 0 Å². The molecule has 0 spiro atoms. The zero-order valence-electron chi connectivity index (χ0n) is 19.2. The van der Waals surface area contributed by atoms with Crippen molar-refractivity contribution in [1.29, 1.82) is 0 Å². The molecule has 0 aromatic rings. The van der Waals surface area contributed by atoms with Crippen LogP contribution in [0.1, 0.15) is 122 Å². The first-order valence-corrected chi connectivity index (χ1v) is 10.8. The average molecular weight is 419 g/mol. The maximum Gasteiger partial charge on any atom is -0.0291 e. The number of allylic oxidation sites excluding steroid dienone is 11. The van der Waals surface area contributed by atoms with Crippen molar-refractivity contribution >= 4 is 0 Å². The molecule has 178 valence electrons. The maximum absolute atomic E-state index is 3.87. The fourth-order valence-electron chi connectivity index (χ4n) is 2.21. The van der Waals surface area contributed by atoms with Gasteiger partial charge in [0.15, 0.2) is 0 Å². The summed E-state index contributed by atoms with van der Waals surface area (Å²) in [5, 5.41) is 0. The van der Waals surface area contributed by atoms with E-state index in [0.29, 0.717) is 0 Å². The van der Waals surface area contributed by atoms with Gasteiger partial charge in [-0.05, 0) is 92.4 Å². The molecule has 0 nitrogen and oxygen atoms in total. The van der Waals surface area contributed by atoms with Gasteiger partial charge in [0.1, 0.15) is 0 Å². The number of rotatable bonds is 13. The van der Waals surface area contributed by atoms with Crippen LogP contribution in [0.5, 0.6) is 0 Å². The summed E-state index contributed by atoms with van der Waals surface area (Å²) in [6.45, 7) is 16.7. The van der Waals surface area contributed by atoms with Crippen molar-refractivity contribution < 1.29 is 0 Å². The largest absolute Gasteiger partial charge is 0.100 e. The fourth-order valence-corrected chi connectivity index (χ4v) is 2.21. The van der Waals surface area contributed by atoms with Gasteiger partial charge in [-0.1, -0.05) is 94.5 Å². The molecule has 0 aliphatic heterocycles. The van der Waals surface area contributed by atoms with Crippen LogP contribution in [0.25, 0.3) is 0 Å². The molecule has 0 fully saturated rings. The Kier molecular flexibility index (Phi) is 41.7. The highest BCUT2D eigenvalue weighted by Gasteiger charge is 1.83. The van der Waals surface area contributed by atoms with Gasteiger partial charge in [-0.15, -0.1) is 6.58 Å². The van der Waals surface area contributed by atoms with E-state index >= 15 is 0 Å². The monoisotopic (exact) mass is 418 g/mol. The zero-order chi connectivity index (χ0) is 20.8. The van der Waals surface area contributed by atoms with Crippen LogP contribution >= 0.6 is 0 Å². The van der Waals surface area contributed by atoms with Gasteiger partial charge in [0, 0.05) is 0 Å². The topological polar surface area (TPSA) is 0 Å². The third-order valence-electron chi connectivity index (χ3n) is 3.75. The van der Waals surface area contributed by atoms with Crippen LogP contribution in [0.4, 0.5) is 0 Å². The lowest BCUT2D eigenvalue weighted by Gasteiger charge is -1.93. The average Bonchev–Trinajstić information content (AvgIpc) is 2.59. The van der Waals surface area contributed by atoms with Crippen molar-refractivity contribution in [2.24, 2.45) is 0 Å². The predicted octanol–water partition coefficient (Wildman–Crippen LogP) is 11.6. The molecule has 0 atom stereocenters. The summed E-state index contributed by atoms with van der Waals surface area (Å²) in [5.41, 5.74) is 4.11. The van der Waals surface area contributed by atoms with E-state index in [-0.39, 0.29) is 22.3 Å². The van der Waals surface area contributed by atoms with Gasteiger partial charge in [-0.25, -0.2) is 0 Å². The SMILES string of the molecule is C.C.C.C=C(C)CC/C=C/CCC=C(C)C.CC/C=C/CC/C=C/CCC=C(C)C. The lowest BCUT2D eigenvalue weighted by atomic mass is 10.1. The van der Waals surface area contributed by atoms with Crippen LogP contribution < -0.4 is 0 Å². The zero-order valence-corrected chi connectivity index (χ0v) is 19.2. The van der Waals surface area contributed by atoms with Crippen LogP contribution in [0.2, 0.25) is 0 Å². The number of hydrogen-bond acceptors (Lipinski definition) is 0. The Morgan fingerprint density at radius 1 is 0.533 bits per heavy atom. The summed E-state index contributed by atoms with van der Waals surface area (Å²) in [5.74, 6) is 0. The smallest absolute Gasteiger partial charge is 0.0291 e. The van der Waals surface area contributed by atoms with Crippen LogP contribution in [0.3, 0.4) is 0 Å². The lowest BCUT2D eigenvalue weighted by Crippen LogP contribution is -1.72. The molecule has 0 saturated heterocycles. The maximum atomic E-state index is 3.87. The summed E-state index contributed by atoms with van der Waals surface area (Å²) in [4.78, 5) is 0. The van der Waals surface area contributed by atoms with Crippen molar-refractivity contribution in [2.75, 3.05) is 0 Å². The van der Waals surface area contributed by atoms with E-state index in [1.807, 2.05) is 0 Å². The summed E-state index contributed by atoms with van der Waals surface area (Å²) in [6.07, 6.45) is 28.7. The highest BCUT2D eigenvalue weighted by atomic mass is 13.9. The molecular formula is C30H58. The minimum Gasteiger partial charge on any atom is -0.100 e. The Bertz CT molecular complexity index is 472. The molecule has 0 heterocycles. The Labute approximate surface area is 193 Å². The quantitative estimate of drug-likeness (QED) is 0.206. The van der Waals surface area contributed by atoms with E-state index in [0.717, 1.165) is 19.3 Å². The third kappa shape index (κ3) is 45.3. The van der Waals surface area contributed by atoms with E-state index in [4.69, 9.17) is 0 Å². The van der Waals surface area contributed by atoms with Gasteiger partial charge < -0.3 is 0 Å². The predicted molar refractivity (Wildman–Crippen MR) is 149 cm³/mol. The summed E-state index contributed by atoms with van der Waals surface area (Å²) in [6, 6.07) is 0. The van der Waals surface area contributed by atoms with Crippen LogP contribution in [0.15, 0.2) is 71.9 Å². The van der Waals surface area contributed by atoms with Gasteiger partial charge in [0.05, 0.1) is 0 Å². The highest BCUT2D eigenvalue weighted by Crippen LogP contribution is 2.03. The second kappa shape index (κ2) is 32.1. The Balaban J connectivity index is -0.000000127. The van der Waals surface area contributed by atoms with Gasteiger partial charge in [0.2, 0.25) is 0 Å². The molecular weight excluding hydrogens is 360 g/mol. The molecule has 0 aliphatic rings. The molecule has 0 N–H and O–H groups in total. The molecule has 30 heavy (non-hydrogen) atoms. The van der Waals surface area contributed by atoms with E-state index in [1.165, 1.54) is 55.2 Å². The first-order chi connectivity index (χ1) is 12.9. The molecule has 0 amide bonds. The van der Waals surface area contributed by atoms with Crippen molar-refractivity contribution in [3.63, 3.8) is 0 Å². The molecule has 0 aliphatic carbocycles. The molecule has 0 saturated carbocycles. The van der Waals surface area contributed by atoms with E-state index in [9.17, 15) is 0 Å². The first-order valence-electron chi connectivity index (χ1n) is 10.8. The molecule has 0 bridgehead atoms. The normalized spacial score (nSPS) is 9.80. The van der Waals surface area contributed by atoms with Crippen molar-refractivity contribution in [2.45, 2.75) is 122 Å². The Hall–Kier alpha value is -1.56. The number of unbranched alkanes of at least 4 members (excludes halogenated alkanes) is 3. The first kappa shape index (κ1) is 39.0. The van der Waals surface area contributed by atoms with Gasteiger partial charge >= 0.3 is 0 Å². The molecule has 0 unspecified atom stereocenters. The standard InChI is InChI=1S/C14H24.C13H22.3CH4/c1-4-5-6-7-8-9-10-11-12-13-14(2)3;1-12(2)10-8-6-5-7-9-11-13(3)4;;;/h5-6,9-10,13H,4,7-8,11-12H2,1-3H3;5-6,11H,1,7-10H2,2-4H3;3*1H4/b6-5+,10-9+;6-5+;;;. The van der Waals surface area contributed by atoms with E-state index in [1.54, 1.807) is 0 Å². The Morgan fingerprint density at radius 3 is 1.20 bits per heavy atom. The number of hydrogen-bond donors (Lipinski definition) is 0. The van der Waals surface area contributed by atoms with Crippen LogP contribution in [-0.4, -0.2) is 0 Å². The van der Waals surface area contributed by atoms with Gasteiger partial charge in [-0.2, -0.15) is 0 Å². The van der Waals surface area contributed by atoms with E-state index < -0.39 is 0 Å². The minimum absolute atomic E-state index is 0. The Morgan fingerprint density at radius 2 is 0.867 bits per heavy atom. The second-order valence-corrected chi connectivity index (χ2v) is 7.61. The summed E-state index contributed by atoms with van der Waals surface area (Å²) >= 11 is 0.